The molecule has 0 fully saturated rings. The maximum Gasteiger partial charge on any atom is 0.165 e. The predicted molar refractivity (Wildman–Crippen MR) is 112 cm³/mol. The molecule has 0 spiro atoms. The van der Waals surface area contributed by atoms with Crippen molar-refractivity contribution in [2.24, 2.45) is 7.05 Å². The van der Waals surface area contributed by atoms with Crippen LogP contribution in [0.5, 0.6) is 0 Å². The molecular formula is C23H23IrN4-. The maximum atomic E-state index is 4.27. The Bertz CT molecular complexity index is 1030. The topological polar surface area (TPSA) is 27.7 Å². The molecule has 0 unspecified atom stereocenters. The summed E-state index contributed by atoms with van der Waals surface area (Å²) in [6, 6.07) is 17.8. The number of pyridine rings is 1. The fourth-order valence-corrected chi connectivity index (χ4v) is 2.71. The molecule has 1 aromatic carbocycles. The molecule has 4 nitrogen and oxygen atoms in total. The number of hydrogen-bond donors (Lipinski definition) is 0. The smallest absolute Gasteiger partial charge is 0.165 e. The van der Waals surface area contributed by atoms with Crippen LogP contribution in [0.2, 0.25) is 0 Å². The first kappa shape index (κ1) is 21.3. The molecule has 145 valence electrons. The van der Waals surface area contributed by atoms with Gasteiger partial charge in [-0.25, -0.2) is 0 Å². The first-order chi connectivity index (χ1) is 13.1. The minimum atomic E-state index is 0. The molecule has 0 saturated heterocycles. The quantitative estimate of drug-likeness (QED) is 0.332. The standard InChI is InChI=1S/C12H10N.C11H13N3.Ir/c1-10-6-2-3-7-11(10)12-8-4-5-9-13-12;1-10(11-5-4-6-13(11)3)14-8-7-12(2)9-14;/h2-9H,1H2;4-9H,1,3H2,2H3;/q-1;;. The molecule has 0 N–H and O–H groups in total. The van der Waals surface area contributed by atoms with Gasteiger partial charge in [-0.3, -0.25) is 9.55 Å². The Hall–Kier alpha value is -3.01. The molecule has 1 radical (unpaired) electrons. The van der Waals surface area contributed by atoms with Crippen molar-refractivity contribution in [2.75, 3.05) is 0 Å². The number of benzene rings is 1. The third-order valence-electron chi connectivity index (χ3n) is 4.16. The molecule has 3 heterocycles. The summed E-state index contributed by atoms with van der Waals surface area (Å²) in [6.07, 6.45) is 9.61. The van der Waals surface area contributed by atoms with Gasteiger partial charge in [-0.2, -0.15) is 23.1 Å². The van der Waals surface area contributed by atoms with E-state index in [9.17, 15) is 0 Å². The van der Waals surface area contributed by atoms with Crippen LogP contribution in [0.1, 0.15) is 11.3 Å². The average molecular weight is 548 g/mol. The van der Waals surface area contributed by atoms with E-state index >= 15 is 0 Å². The number of aryl methyl sites for hydroxylation is 1. The average Bonchev–Trinajstić information content (AvgIpc) is 3.31. The SMILES string of the molecule is C=C(c1cccn1[CH2-])n1ccn(C)[cH+]1.[CH2-]c1ccccc1-c1ccccn1.[Ir]. The zero-order valence-electron chi connectivity index (χ0n) is 15.8. The molecule has 28 heavy (non-hydrogen) atoms. The molecule has 0 aliphatic heterocycles. The van der Waals surface area contributed by atoms with Gasteiger partial charge in [0.25, 0.3) is 0 Å². The first-order valence-electron chi connectivity index (χ1n) is 8.60. The van der Waals surface area contributed by atoms with Crippen molar-refractivity contribution in [2.45, 2.75) is 0 Å². The number of hydrogen-bond acceptors (Lipinski definition) is 1. The second-order valence-electron chi connectivity index (χ2n) is 6.17. The van der Waals surface area contributed by atoms with Crippen LogP contribution >= 0.6 is 0 Å². The van der Waals surface area contributed by atoms with Crippen molar-refractivity contribution in [3.8, 4) is 11.3 Å². The summed E-state index contributed by atoms with van der Waals surface area (Å²) in [6.45, 7) is 7.99. The van der Waals surface area contributed by atoms with E-state index in [4.69, 9.17) is 0 Å². The summed E-state index contributed by atoms with van der Waals surface area (Å²) < 4.78 is 5.75. The van der Waals surface area contributed by atoms with Gasteiger partial charge in [0.05, 0.1) is 5.70 Å². The summed E-state index contributed by atoms with van der Waals surface area (Å²) in [5, 5.41) is 0. The van der Waals surface area contributed by atoms with Crippen molar-refractivity contribution in [3.63, 3.8) is 0 Å². The fraction of sp³-hybridized carbons (Fsp3) is 0.0435. The van der Waals surface area contributed by atoms with E-state index < -0.39 is 0 Å². The molecule has 0 amide bonds. The van der Waals surface area contributed by atoms with E-state index in [1.165, 1.54) is 0 Å². The summed E-state index contributed by atoms with van der Waals surface area (Å²) in [4.78, 5) is 4.27. The Balaban J connectivity index is 0.000000194. The molecule has 0 aliphatic rings. The second kappa shape index (κ2) is 9.79. The first-order valence-corrected chi connectivity index (χ1v) is 8.60. The molecule has 4 aromatic rings. The van der Waals surface area contributed by atoms with E-state index in [2.05, 4.69) is 25.5 Å². The van der Waals surface area contributed by atoms with Crippen LogP contribution in [0.4, 0.5) is 0 Å². The maximum absolute atomic E-state index is 4.27. The Morgan fingerprint density at radius 2 is 1.75 bits per heavy atom. The molecule has 3 aromatic heterocycles. The zero-order chi connectivity index (χ0) is 19.2. The predicted octanol–water partition coefficient (Wildman–Crippen LogP) is 5.00. The van der Waals surface area contributed by atoms with Gasteiger partial charge in [-0.15, -0.1) is 37.0 Å². The molecule has 0 aliphatic carbocycles. The summed E-state index contributed by atoms with van der Waals surface area (Å²) in [5.74, 6) is 0. The van der Waals surface area contributed by atoms with Gasteiger partial charge in [-0.1, -0.05) is 18.2 Å². The number of aromatic nitrogens is 4. The van der Waals surface area contributed by atoms with Crippen molar-refractivity contribution >= 4 is 5.70 Å². The van der Waals surface area contributed by atoms with Gasteiger partial charge in [-0.05, 0) is 18.7 Å². The molecule has 0 atom stereocenters. The van der Waals surface area contributed by atoms with E-state index in [-0.39, 0.29) is 20.1 Å². The van der Waals surface area contributed by atoms with Crippen LogP contribution < -0.4 is 0 Å². The molecular weight excluding hydrogens is 524 g/mol. The minimum Gasteiger partial charge on any atom is -0.478 e. The van der Waals surface area contributed by atoms with Crippen molar-refractivity contribution < 1.29 is 20.1 Å². The normalized spacial score (nSPS) is 9.75. The third kappa shape index (κ3) is 5.03. The number of imidazole rings is 1. The molecule has 5 heteroatoms. The van der Waals surface area contributed by atoms with Crippen LogP contribution in [-0.2, 0) is 27.2 Å². The van der Waals surface area contributed by atoms with Crippen molar-refractivity contribution in [3.05, 3.63) is 118 Å². The van der Waals surface area contributed by atoms with Gasteiger partial charge in [0, 0.05) is 44.7 Å². The van der Waals surface area contributed by atoms with Gasteiger partial charge in [0.15, 0.2) is 6.33 Å². The zero-order valence-corrected chi connectivity index (χ0v) is 18.2. The van der Waals surface area contributed by atoms with Gasteiger partial charge in [0.2, 0.25) is 0 Å². The largest absolute Gasteiger partial charge is 0.478 e. The Morgan fingerprint density at radius 3 is 2.32 bits per heavy atom. The number of rotatable bonds is 3. The van der Waals surface area contributed by atoms with Crippen LogP contribution in [0.3, 0.4) is 0 Å². The monoisotopic (exact) mass is 548 g/mol. The van der Waals surface area contributed by atoms with Gasteiger partial charge < -0.3 is 4.57 Å². The number of nitrogens with zero attached hydrogens (tertiary/aromatic N) is 4. The van der Waals surface area contributed by atoms with Gasteiger partial charge >= 0.3 is 0 Å². The van der Waals surface area contributed by atoms with Crippen LogP contribution in [0, 0.1) is 14.0 Å². The van der Waals surface area contributed by atoms with E-state index in [1.807, 2.05) is 100 Å². The molecule has 4 rings (SSSR count). The summed E-state index contributed by atoms with van der Waals surface area (Å²) in [7, 11) is 5.85. The van der Waals surface area contributed by atoms with E-state index in [0.717, 1.165) is 28.2 Å². The Morgan fingerprint density at radius 1 is 1.00 bits per heavy atom. The molecule has 0 bridgehead atoms. The van der Waals surface area contributed by atoms with Crippen LogP contribution in [0.15, 0.2) is 92.3 Å². The van der Waals surface area contributed by atoms with Crippen molar-refractivity contribution in [1.82, 2.24) is 18.7 Å². The van der Waals surface area contributed by atoms with Gasteiger partial charge in [0.1, 0.15) is 12.4 Å². The van der Waals surface area contributed by atoms with Crippen molar-refractivity contribution in [1.29, 1.82) is 0 Å². The summed E-state index contributed by atoms with van der Waals surface area (Å²) >= 11 is 0. The molecule has 0 saturated carbocycles. The van der Waals surface area contributed by atoms with Crippen LogP contribution in [0.25, 0.3) is 17.0 Å². The Labute approximate surface area is 180 Å². The third-order valence-corrected chi connectivity index (χ3v) is 4.16. The van der Waals surface area contributed by atoms with E-state index in [1.54, 1.807) is 6.20 Å². The minimum absolute atomic E-state index is 0. The van der Waals surface area contributed by atoms with E-state index in [0.29, 0.717) is 0 Å². The van der Waals surface area contributed by atoms with Crippen LogP contribution in [-0.4, -0.2) is 18.7 Å². The fourth-order valence-electron chi connectivity index (χ4n) is 2.71. The Kier molecular flexibility index (Phi) is 7.44. The second-order valence-corrected chi connectivity index (χ2v) is 6.17. The summed E-state index contributed by atoms with van der Waals surface area (Å²) in [5.41, 5.74) is 5.03.